The van der Waals surface area contributed by atoms with Gasteiger partial charge in [0.2, 0.25) is 24.6 Å². The number of nitrogens with one attached hydrogen (secondary N) is 2. The summed E-state index contributed by atoms with van der Waals surface area (Å²) in [4.78, 5) is 56.0. The fourth-order valence-corrected chi connectivity index (χ4v) is 2.30. The van der Waals surface area contributed by atoms with Crippen LogP contribution in [0.3, 0.4) is 0 Å². The summed E-state index contributed by atoms with van der Waals surface area (Å²) in [6, 6.07) is -1.08. The van der Waals surface area contributed by atoms with E-state index in [-0.39, 0.29) is 38.8 Å². The molecular weight excluding hydrogens is 392 g/mol. The second kappa shape index (κ2) is 12.6. The topological polar surface area (TPSA) is 197 Å². The molecule has 0 saturated heterocycles. The predicted octanol–water partition coefficient (Wildman–Crippen LogP) is -1.93. The average Bonchev–Trinajstić information content (AvgIpc) is 2.63. The molecule has 0 saturated carbocycles. The Balaban J connectivity index is 4.69. The van der Waals surface area contributed by atoms with Crippen molar-refractivity contribution in [1.82, 2.24) is 20.8 Å². The summed E-state index contributed by atoms with van der Waals surface area (Å²) >= 11 is 0. The van der Waals surface area contributed by atoms with E-state index in [1.165, 1.54) is 0 Å². The van der Waals surface area contributed by atoms with Crippen LogP contribution in [0, 0.1) is 0 Å². The van der Waals surface area contributed by atoms with Crippen LogP contribution in [0.2, 0.25) is 0 Å². The van der Waals surface area contributed by atoms with Crippen LogP contribution >= 0.6 is 0 Å². The van der Waals surface area contributed by atoms with E-state index in [4.69, 9.17) is 10.4 Å². The molecule has 0 aromatic carbocycles. The second-order valence-electron chi connectivity index (χ2n) is 6.74. The molecular formula is C16H28N4O9. The first-order valence-corrected chi connectivity index (χ1v) is 8.79. The lowest BCUT2D eigenvalue weighted by molar-refractivity contribution is -0.164. The smallest absolute Gasteiger partial charge is 0.336 e. The van der Waals surface area contributed by atoms with Crippen LogP contribution in [0.15, 0.2) is 0 Å². The van der Waals surface area contributed by atoms with Gasteiger partial charge in [-0.2, -0.15) is 0 Å². The number of rotatable bonds is 15. The van der Waals surface area contributed by atoms with Gasteiger partial charge in [0.25, 0.3) is 0 Å². The number of carbonyl (C=O) groups is 5. The molecule has 13 heteroatoms. The normalized spacial score (nSPS) is 14.7. The number of carbonyl (C=O) groups excluding carboxylic acids is 4. The standard InChI is InChI=1S/C16H28N4O9/c1-11(3-5-19(28)9-21)17-13(23)7-16(27,15(25)26)8-14(24)18-12(2)4-6-20(29)10-22/h9-12,27-29H,3-8H2,1-2H3,(H,17,23)(H,18,24)(H,25,26)/t11-,12+,16?. The highest BCUT2D eigenvalue weighted by Gasteiger charge is 2.41. The maximum Gasteiger partial charge on any atom is 0.336 e. The third-order valence-electron chi connectivity index (χ3n) is 3.94. The van der Waals surface area contributed by atoms with E-state index in [9.17, 15) is 34.2 Å². The Bertz CT molecular complexity index is 547. The minimum Gasteiger partial charge on any atom is -0.479 e. The van der Waals surface area contributed by atoms with Gasteiger partial charge in [-0.25, -0.2) is 14.9 Å². The lowest BCUT2D eigenvalue weighted by Gasteiger charge is -2.25. The van der Waals surface area contributed by atoms with Gasteiger partial charge in [0, 0.05) is 12.1 Å². The maximum absolute atomic E-state index is 12.0. The van der Waals surface area contributed by atoms with Crippen LogP contribution in [0.1, 0.15) is 39.5 Å². The van der Waals surface area contributed by atoms with E-state index in [0.29, 0.717) is 10.1 Å². The van der Waals surface area contributed by atoms with E-state index in [2.05, 4.69) is 10.6 Å². The van der Waals surface area contributed by atoms with Gasteiger partial charge < -0.3 is 20.8 Å². The minimum absolute atomic E-state index is 0.0657. The quantitative estimate of drug-likeness (QED) is 0.0992. The number of nitrogens with zero attached hydrogens (tertiary/aromatic N) is 2. The van der Waals surface area contributed by atoms with Gasteiger partial charge in [-0.05, 0) is 26.7 Å². The molecule has 0 spiro atoms. The van der Waals surface area contributed by atoms with E-state index in [1.54, 1.807) is 13.8 Å². The molecule has 0 heterocycles. The van der Waals surface area contributed by atoms with Crippen LogP contribution in [0.5, 0.6) is 0 Å². The summed E-state index contributed by atoms with van der Waals surface area (Å²) in [5.74, 6) is -3.42. The van der Waals surface area contributed by atoms with E-state index < -0.39 is 48.3 Å². The number of hydroxylamine groups is 4. The Morgan fingerprint density at radius 3 is 1.52 bits per heavy atom. The molecule has 0 aromatic heterocycles. The lowest BCUT2D eigenvalue weighted by atomic mass is 9.94. The van der Waals surface area contributed by atoms with E-state index in [1.807, 2.05) is 0 Å². The Hall–Kier alpha value is -2.77. The molecule has 13 nitrogen and oxygen atoms in total. The van der Waals surface area contributed by atoms with Crippen molar-refractivity contribution in [3.63, 3.8) is 0 Å². The summed E-state index contributed by atoms with van der Waals surface area (Å²) < 4.78 is 0. The molecule has 0 aliphatic heterocycles. The molecule has 0 aliphatic rings. The van der Waals surface area contributed by atoms with Crippen molar-refractivity contribution >= 4 is 30.6 Å². The summed E-state index contributed by atoms with van der Waals surface area (Å²) in [6.45, 7) is 2.97. The molecule has 0 fully saturated rings. The van der Waals surface area contributed by atoms with Gasteiger partial charge in [-0.1, -0.05) is 0 Å². The molecule has 0 aromatic rings. The van der Waals surface area contributed by atoms with Crippen molar-refractivity contribution in [3.8, 4) is 0 Å². The Morgan fingerprint density at radius 1 is 0.897 bits per heavy atom. The highest BCUT2D eigenvalue weighted by atomic mass is 16.5. The largest absolute Gasteiger partial charge is 0.479 e. The Labute approximate surface area is 167 Å². The molecule has 0 aliphatic carbocycles. The molecule has 1 unspecified atom stereocenters. The van der Waals surface area contributed by atoms with Gasteiger partial charge >= 0.3 is 5.97 Å². The number of hydrogen-bond acceptors (Lipinski definition) is 8. The van der Waals surface area contributed by atoms with Crippen molar-refractivity contribution in [2.45, 2.75) is 57.2 Å². The summed E-state index contributed by atoms with van der Waals surface area (Å²) in [7, 11) is 0. The van der Waals surface area contributed by atoms with Crippen molar-refractivity contribution in [2.75, 3.05) is 13.1 Å². The second-order valence-corrected chi connectivity index (χ2v) is 6.74. The molecule has 0 rings (SSSR count). The number of carboxylic acids is 1. The average molecular weight is 420 g/mol. The van der Waals surface area contributed by atoms with Crippen LogP contribution in [-0.4, -0.2) is 92.1 Å². The summed E-state index contributed by atoms with van der Waals surface area (Å²) in [6.07, 6.45) is -1.05. The zero-order valence-corrected chi connectivity index (χ0v) is 16.3. The monoisotopic (exact) mass is 420 g/mol. The Kier molecular flexibility index (Phi) is 11.4. The molecule has 0 radical (unpaired) electrons. The third-order valence-corrected chi connectivity index (χ3v) is 3.94. The van der Waals surface area contributed by atoms with Gasteiger partial charge in [0.15, 0.2) is 5.60 Å². The van der Waals surface area contributed by atoms with Crippen molar-refractivity contribution in [1.29, 1.82) is 0 Å². The zero-order chi connectivity index (χ0) is 22.6. The number of amides is 4. The summed E-state index contributed by atoms with van der Waals surface area (Å²) in [5.41, 5.74) is -2.65. The predicted molar refractivity (Wildman–Crippen MR) is 95.4 cm³/mol. The van der Waals surface area contributed by atoms with E-state index in [0.717, 1.165) is 0 Å². The first-order chi connectivity index (χ1) is 13.4. The number of hydrogen-bond donors (Lipinski definition) is 6. The van der Waals surface area contributed by atoms with Crippen LogP contribution < -0.4 is 10.6 Å². The molecule has 0 bridgehead atoms. The first kappa shape index (κ1) is 26.2. The third kappa shape index (κ3) is 11.0. The van der Waals surface area contributed by atoms with Crippen molar-refractivity contribution in [2.24, 2.45) is 0 Å². The highest BCUT2D eigenvalue weighted by molar-refractivity contribution is 5.91. The first-order valence-electron chi connectivity index (χ1n) is 8.79. The Morgan fingerprint density at radius 2 is 1.24 bits per heavy atom. The van der Waals surface area contributed by atoms with Crippen LogP contribution in [-0.2, 0) is 24.0 Å². The fourth-order valence-electron chi connectivity index (χ4n) is 2.30. The van der Waals surface area contributed by atoms with E-state index >= 15 is 0 Å². The molecule has 29 heavy (non-hydrogen) atoms. The SMILES string of the molecule is C[C@H](CCN(O)C=O)NC(=O)CC(O)(CC(=O)N[C@@H](C)CCN(O)C=O)C(=O)O. The number of aliphatic carboxylic acids is 1. The number of aliphatic hydroxyl groups is 1. The van der Waals surface area contributed by atoms with Crippen LogP contribution in [0.4, 0.5) is 0 Å². The molecule has 166 valence electrons. The maximum atomic E-state index is 12.0. The fraction of sp³-hybridized carbons (Fsp3) is 0.688. The highest BCUT2D eigenvalue weighted by Crippen LogP contribution is 2.17. The van der Waals surface area contributed by atoms with Crippen molar-refractivity contribution in [3.05, 3.63) is 0 Å². The van der Waals surface area contributed by atoms with Crippen molar-refractivity contribution < 1.29 is 44.6 Å². The van der Waals surface area contributed by atoms with Crippen LogP contribution in [0.25, 0.3) is 0 Å². The van der Waals surface area contributed by atoms with Gasteiger partial charge in [0.1, 0.15) is 0 Å². The van der Waals surface area contributed by atoms with Gasteiger partial charge in [-0.15, -0.1) is 0 Å². The minimum atomic E-state index is -2.65. The van der Waals surface area contributed by atoms with Gasteiger partial charge in [-0.3, -0.25) is 29.6 Å². The molecule has 3 atom stereocenters. The summed E-state index contributed by atoms with van der Waals surface area (Å²) in [5, 5.41) is 43.1. The number of carboxylic acid groups (broad SMARTS) is 1. The zero-order valence-electron chi connectivity index (χ0n) is 16.3. The lowest BCUT2D eigenvalue weighted by Crippen LogP contribution is -2.49. The molecule has 4 amide bonds. The molecule has 6 N–H and O–H groups in total. The van der Waals surface area contributed by atoms with Gasteiger partial charge in [0.05, 0.1) is 25.9 Å².